The molecule has 1 heterocycles. The smallest absolute Gasteiger partial charge is 0.416 e. The van der Waals surface area contributed by atoms with Crippen molar-refractivity contribution in [2.75, 3.05) is 0 Å². The summed E-state index contributed by atoms with van der Waals surface area (Å²) in [7, 11) is 0. The lowest BCUT2D eigenvalue weighted by Crippen LogP contribution is -2.28. The lowest BCUT2D eigenvalue weighted by atomic mass is 9.83. The van der Waals surface area contributed by atoms with Gasteiger partial charge in [0.05, 0.1) is 11.2 Å². The SMILES string of the molecule is Cc1ccc(-c2c(C)c3c(c(C)c2C(OC(C)(C)C)C(=O)O)CN(C(=O)c2ccc(C(F)(F)F)cc2)C3)cc1. The molecule has 4 rings (SSSR count). The maximum Gasteiger partial charge on any atom is 0.416 e. The number of aliphatic carboxylic acids is 1. The van der Waals surface area contributed by atoms with Crippen molar-refractivity contribution in [2.24, 2.45) is 0 Å². The van der Waals surface area contributed by atoms with E-state index in [4.69, 9.17) is 4.74 Å². The molecule has 1 unspecified atom stereocenters. The highest BCUT2D eigenvalue weighted by atomic mass is 19.4. The zero-order valence-electron chi connectivity index (χ0n) is 22.9. The van der Waals surface area contributed by atoms with Crippen LogP contribution < -0.4 is 0 Å². The molecule has 3 aromatic carbocycles. The number of hydrogen-bond acceptors (Lipinski definition) is 3. The van der Waals surface area contributed by atoms with Crippen LogP contribution in [0.4, 0.5) is 13.2 Å². The normalized spacial score (nSPS) is 14.3. The van der Waals surface area contributed by atoms with Crippen molar-refractivity contribution in [3.63, 3.8) is 0 Å². The number of carboxylic acids is 1. The van der Waals surface area contributed by atoms with Gasteiger partial charge >= 0.3 is 12.1 Å². The molecule has 5 nitrogen and oxygen atoms in total. The molecule has 39 heavy (non-hydrogen) atoms. The zero-order valence-corrected chi connectivity index (χ0v) is 22.9. The van der Waals surface area contributed by atoms with E-state index in [1.165, 1.54) is 12.1 Å². The van der Waals surface area contributed by atoms with Gasteiger partial charge in [0.15, 0.2) is 6.10 Å². The minimum atomic E-state index is -4.49. The predicted molar refractivity (Wildman–Crippen MR) is 142 cm³/mol. The maximum absolute atomic E-state index is 13.3. The quantitative estimate of drug-likeness (QED) is 0.367. The molecule has 206 valence electrons. The van der Waals surface area contributed by atoms with Crippen molar-refractivity contribution in [1.29, 1.82) is 0 Å². The Labute approximate surface area is 226 Å². The van der Waals surface area contributed by atoms with Gasteiger partial charge in [-0.1, -0.05) is 29.8 Å². The molecule has 3 aromatic rings. The highest BCUT2D eigenvalue weighted by molar-refractivity contribution is 5.95. The van der Waals surface area contributed by atoms with E-state index in [0.29, 0.717) is 5.56 Å². The third-order valence-corrected chi connectivity index (χ3v) is 7.06. The second kappa shape index (κ2) is 10.2. The van der Waals surface area contributed by atoms with Gasteiger partial charge in [0.2, 0.25) is 0 Å². The summed E-state index contributed by atoms with van der Waals surface area (Å²) in [6.45, 7) is 11.6. The molecule has 0 aliphatic carbocycles. The maximum atomic E-state index is 13.3. The molecular formula is C31H32F3NO4. The lowest BCUT2D eigenvalue weighted by molar-refractivity contribution is -0.160. The standard InChI is InChI=1S/C31H32F3NO4/c1-17-7-9-20(10-8-17)25-18(2)23-15-35(28(36)21-11-13-22(14-12-21)31(32,33)34)16-24(23)19(3)26(25)27(29(37)38)39-30(4,5)6/h7-14,27H,15-16H2,1-6H3,(H,37,38). The molecule has 0 aromatic heterocycles. The number of amides is 1. The third kappa shape index (κ3) is 5.71. The topological polar surface area (TPSA) is 66.8 Å². The Balaban J connectivity index is 1.83. The number of halogens is 3. The van der Waals surface area contributed by atoms with E-state index in [9.17, 15) is 27.9 Å². The molecule has 0 fully saturated rings. The number of carboxylic acid groups (broad SMARTS) is 1. The van der Waals surface area contributed by atoms with Gasteiger partial charge in [0, 0.05) is 24.2 Å². The number of nitrogens with zero attached hydrogens (tertiary/aromatic N) is 1. The highest BCUT2D eigenvalue weighted by Gasteiger charge is 2.37. The van der Waals surface area contributed by atoms with Crippen LogP contribution in [0.15, 0.2) is 48.5 Å². The zero-order chi connectivity index (χ0) is 28.9. The van der Waals surface area contributed by atoms with Crippen LogP contribution in [0.5, 0.6) is 0 Å². The van der Waals surface area contributed by atoms with E-state index in [-0.39, 0.29) is 18.7 Å². The van der Waals surface area contributed by atoms with Gasteiger partial charge in [0.25, 0.3) is 5.91 Å². The number of carbonyl (C=O) groups excluding carboxylic acids is 1. The molecule has 0 saturated carbocycles. The van der Waals surface area contributed by atoms with Crippen molar-refractivity contribution in [1.82, 2.24) is 4.90 Å². The largest absolute Gasteiger partial charge is 0.479 e. The van der Waals surface area contributed by atoms with Crippen LogP contribution in [0.25, 0.3) is 11.1 Å². The minimum Gasteiger partial charge on any atom is -0.479 e. The van der Waals surface area contributed by atoms with Crippen LogP contribution in [-0.2, 0) is 28.8 Å². The Morgan fingerprint density at radius 3 is 1.90 bits per heavy atom. The molecule has 1 atom stereocenters. The second-order valence-corrected chi connectivity index (χ2v) is 11.0. The van der Waals surface area contributed by atoms with Gasteiger partial charge in [0.1, 0.15) is 0 Å². The minimum absolute atomic E-state index is 0.157. The lowest BCUT2D eigenvalue weighted by Gasteiger charge is -2.29. The molecule has 0 saturated heterocycles. The van der Waals surface area contributed by atoms with Gasteiger partial charge in [-0.25, -0.2) is 4.79 Å². The molecule has 1 amide bonds. The van der Waals surface area contributed by atoms with Crippen molar-refractivity contribution >= 4 is 11.9 Å². The van der Waals surface area contributed by atoms with E-state index in [2.05, 4.69) is 0 Å². The Morgan fingerprint density at radius 2 is 1.41 bits per heavy atom. The predicted octanol–water partition coefficient (Wildman–Crippen LogP) is 7.39. The van der Waals surface area contributed by atoms with Crippen molar-refractivity contribution in [3.8, 4) is 11.1 Å². The molecule has 1 N–H and O–H groups in total. The number of aryl methyl sites for hydroxylation is 1. The first-order valence-electron chi connectivity index (χ1n) is 12.7. The monoisotopic (exact) mass is 539 g/mol. The third-order valence-electron chi connectivity index (χ3n) is 7.06. The molecule has 1 aliphatic heterocycles. The first-order chi connectivity index (χ1) is 18.1. The molecule has 0 spiro atoms. The Morgan fingerprint density at radius 1 is 0.872 bits per heavy atom. The van der Waals surface area contributed by atoms with Crippen LogP contribution in [0.1, 0.15) is 76.2 Å². The van der Waals surface area contributed by atoms with Crippen LogP contribution in [-0.4, -0.2) is 27.5 Å². The summed E-state index contributed by atoms with van der Waals surface area (Å²) in [4.78, 5) is 27.5. The average molecular weight is 540 g/mol. The van der Waals surface area contributed by atoms with Gasteiger partial charge in [-0.3, -0.25) is 4.79 Å². The molecule has 1 aliphatic rings. The van der Waals surface area contributed by atoms with Crippen LogP contribution in [0, 0.1) is 20.8 Å². The molecule has 0 bridgehead atoms. The van der Waals surface area contributed by atoms with Crippen molar-refractivity contribution in [2.45, 2.75) is 72.5 Å². The molecule has 0 radical (unpaired) electrons. The Kier molecular flexibility index (Phi) is 7.38. The van der Waals surface area contributed by atoms with E-state index in [0.717, 1.165) is 51.1 Å². The van der Waals surface area contributed by atoms with Crippen molar-refractivity contribution < 1.29 is 32.6 Å². The number of benzene rings is 3. The van der Waals surface area contributed by atoms with Gasteiger partial charge in [-0.05, 0) is 99.2 Å². The van der Waals surface area contributed by atoms with Crippen LogP contribution in [0.2, 0.25) is 0 Å². The summed E-state index contributed by atoms with van der Waals surface area (Å²) in [5.74, 6) is -1.51. The Bertz CT molecular complexity index is 1420. The number of hydrogen-bond donors (Lipinski definition) is 1. The first-order valence-corrected chi connectivity index (χ1v) is 12.7. The number of ether oxygens (including phenoxy) is 1. The number of alkyl halides is 3. The van der Waals surface area contributed by atoms with Crippen LogP contribution >= 0.6 is 0 Å². The van der Waals surface area contributed by atoms with Gasteiger partial charge in [-0.15, -0.1) is 0 Å². The average Bonchev–Trinajstić information content (AvgIpc) is 3.30. The van der Waals surface area contributed by atoms with E-state index in [1.54, 1.807) is 25.7 Å². The number of rotatable bonds is 5. The first kappa shape index (κ1) is 28.4. The molecule has 8 heteroatoms. The highest BCUT2D eigenvalue weighted by Crippen LogP contribution is 2.44. The summed E-state index contributed by atoms with van der Waals surface area (Å²) in [5, 5.41) is 10.3. The Hall–Kier alpha value is -3.65. The summed E-state index contributed by atoms with van der Waals surface area (Å²) < 4.78 is 45.1. The summed E-state index contributed by atoms with van der Waals surface area (Å²) >= 11 is 0. The van der Waals surface area contributed by atoms with Gasteiger partial charge in [-0.2, -0.15) is 13.2 Å². The number of carbonyl (C=O) groups is 2. The fourth-order valence-electron chi connectivity index (χ4n) is 5.16. The van der Waals surface area contributed by atoms with Gasteiger partial charge < -0.3 is 14.7 Å². The number of fused-ring (bicyclic) bond motifs is 1. The molecular weight excluding hydrogens is 507 g/mol. The fourth-order valence-corrected chi connectivity index (χ4v) is 5.16. The second-order valence-electron chi connectivity index (χ2n) is 11.0. The summed E-state index contributed by atoms with van der Waals surface area (Å²) in [6.07, 6.45) is -5.73. The van der Waals surface area contributed by atoms with E-state index in [1.807, 2.05) is 45.0 Å². The van der Waals surface area contributed by atoms with E-state index < -0.39 is 35.3 Å². The van der Waals surface area contributed by atoms with Crippen LogP contribution in [0.3, 0.4) is 0 Å². The van der Waals surface area contributed by atoms with E-state index >= 15 is 0 Å². The summed E-state index contributed by atoms with van der Waals surface area (Å²) in [5.41, 5.74) is 5.12. The van der Waals surface area contributed by atoms with Crippen molar-refractivity contribution in [3.05, 3.63) is 93.0 Å². The fraction of sp³-hybridized carbons (Fsp3) is 0.355. The summed E-state index contributed by atoms with van der Waals surface area (Å²) in [6, 6.07) is 12.0.